The standard InChI is InChI=1S/C13H10NO3/c1-17-13-4-2-3-11(9-13)10-5-7-12(8-6-10)14(15)16/h2-3,5-9H,1H3. The first kappa shape index (κ1) is 11.1. The second-order valence-electron chi connectivity index (χ2n) is 3.45. The minimum atomic E-state index is -0.414. The van der Waals surface area contributed by atoms with Crippen molar-refractivity contribution in [2.24, 2.45) is 0 Å². The van der Waals surface area contributed by atoms with Gasteiger partial charge in [-0.2, -0.15) is 0 Å². The van der Waals surface area contributed by atoms with E-state index in [0.717, 1.165) is 11.1 Å². The van der Waals surface area contributed by atoms with E-state index in [9.17, 15) is 10.1 Å². The second kappa shape index (κ2) is 4.65. The SMILES string of the molecule is COc1[c]ccc(-c2ccc([N+](=O)[O-])cc2)c1. The van der Waals surface area contributed by atoms with Gasteiger partial charge in [-0.3, -0.25) is 10.1 Å². The molecule has 85 valence electrons. The number of hydrogen-bond donors (Lipinski definition) is 0. The lowest BCUT2D eigenvalue weighted by molar-refractivity contribution is -0.384. The molecule has 0 N–H and O–H groups in total. The molecule has 1 radical (unpaired) electrons. The highest BCUT2D eigenvalue weighted by atomic mass is 16.6. The molecule has 0 saturated carbocycles. The first-order valence-corrected chi connectivity index (χ1v) is 5.01. The highest BCUT2D eigenvalue weighted by Gasteiger charge is 2.05. The Morgan fingerprint density at radius 2 is 1.88 bits per heavy atom. The van der Waals surface area contributed by atoms with Gasteiger partial charge in [0.25, 0.3) is 5.69 Å². The molecule has 0 bridgehead atoms. The van der Waals surface area contributed by atoms with Crippen molar-refractivity contribution in [3.05, 3.63) is 58.6 Å². The van der Waals surface area contributed by atoms with Gasteiger partial charge >= 0.3 is 0 Å². The summed E-state index contributed by atoms with van der Waals surface area (Å²) in [6.45, 7) is 0. The Hall–Kier alpha value is -2.36. The largest absolute Gasteiger partial charge is 0.496 e. The van der Waals surface area contributed by atoms with Crippen LogP contribution in [-0.4, -0.2) is 12.0 Å². The van der Waals surface area contributed by atoms with Crippen molar-refractivity contribution in [3.8, 4) is 16.9 Å². The number of hydrogen-bond acceptors (Lipinski definition) is 3. The van der Waals surface area contributed by atoms with Gasteiger partial charge in [0, 0.05) is 18.2 Å². The first-order valence-electron chi connectivity index (χ1n) is 5.01. The maximum absolute atomic E-state index is 10.5. The van der Waals surface area contributed by atoms with Crippen molar-refractivity contribution in [1.82, 2.24) is 0 Å². The highest BCUT2D eigenvalue weighted by molar-refractivity contribution is 5.66. The van der Waals surface area contributed by atoms with E-state index in [1.807, 2.05) is 12.1 Å². The van der Waals surface area contributed by atoms with Crippen LogP contribution in [-0.2, 0) is 0 Å². The van der Waals surface area contributed by atoms with Gasteiger partial charge < -0.3 is 4.74 Å². The molecule has 0 atom stereocenters. The summed E-state index contributed by atoms with van der Waals surface area (Å²) in [6, 6.07) is 14.8. The fraction of sp³-hybridized carbons (Fsp3) is 0.0769. The molecule has 4 nitrogen and oxygen atoms in total. The summed E-state index contributed by atoms with van der Waals surface area (Å²) in [5.41, 5.74) is 1.93. The number of ether oxygens (including phenoxy) is 1. The summed E-state index contributed by atoms with van der Waals surface area (Å²) in [6.07, 6.45) is 0. The van der Waals surface area contributed by atoms with Gasteiger partial charge in [0.05, 0.1) is 12.0 Å². The van der Waals surface area contributed by atoms with Gasteiger partial charge in [-0.25, -0.2) is 0 Å². The number of non-ortho nitro benzene ring substituents is 1. The van der Waals surface area contributed by atoms with E-state index in [1.165, 1.54) is 12.1 Å². The number of benzene rings is 2. The Balaban J connectivity index is 2.36. The predicted molar refractivity (Wildman–Crippen MR) is 63.9 cm³/mol. The maximum atomic E-state index is 10.5. The van der Waals surface area contributed by atoms with Crippen LogP contribution in [0.3, 0.4) is 0 Å². The molecule has 0 amide bonds. The fourth-order valence-electron chi connectivity index (χ4n) is 1.52. The quantitative estimate of drug-likeness (QED) is 0.599. The van der Waals surface area contributed by atoms with Gasteiger partial charge in [-0.1, -0.05) is 6.07 Å². The van der Waals surface area contributed by atoms with E-state index in [4.69, 9.17) is 4.74 Å². The third-order valence-corrected chi connectivity index (χ3v) is 2.41. The van der Waals surface area contributed by atoms with Gasteiger partial charge in [0.2, 0.25) is 0 Å². The third kappa shape index (κ3) is 2.42. The average molecular weight is 228 g/mol. The molecule has 0 aliphatic heterocycles. The van der Waals surface area contributed by atoms with E-state index in [-0.39, 0.29) is 5.69 Å². The van der Waals surface area contributed by atoms with Gasteiger partial charge in [0.15, 0.2) is 0 Å². The third-order valence-electron chi connectivity index (χ3n) is 2.41. The van der Waals surface area contributed by atoms with Crippen molar-refractivity contribution in [3.63, 3.8) is 0 Å². The number of nitro groups is 1. The highest BCUT2D eigenvalue weighted by Crippen LogP contribution is 2.25. The monoisotopic (exact) mass is 228 g/mol. The molecule has 0 aromatic heterocycles. The summed E-state index contributed by atoms with van der Waals surface area (Å²) in [5.74, 6) is 0.640. The van der Waals surface area contributed by atoms with Crippen LogP contribution < -0.4 is 4.74 Å². The van der Waals surface area contributed by atoms with Crippen LogP contribution in [0, 0.1) is 16.2 Å². The zero-order chi connectivity index (χ0) is 12.3. The zero-order valence-electron chi connectivity index (χ0n) is 9.21. The molecule has 0 aliphatic carbocycles. The van der Waals surface area contributed by atoms with Crippen molar-refractivity contribution < 1.29 is 9.66 Å². The number of nitro benzene ring substituents is 1. The Labute approximate surface area is 98.6 Å². The minimum absolute atomic E-state index is 0.0863. The average Bonchev–Trinajstić information content (AvgIpc) is 2.39. The van der Waals surface area contributed by atoms with Crippen molar-refractivity contribution in [2.45, 2.75) is 0 Å². The molecule has 2 rings (SSSR count). The molecular weight excluding hydrogens is 218 g/mol. The van der Waals surface area contributed by atoms with Gasteiger partial charge in [-0.05, 0) is 35.4 Å². The summed E-state index contributed by atoms with van der Waals surface area (Å²) in [4.78, 5) is 10.1. The van der Waals surface area contributed by atoms with E-state index >= 15 is 0 Å². The van der Waals surface area contributed by atoms with E-state index < -0.39 is 4.92 Å². The van der Waals surface area contributed by atoms with E-state index in [0.29, 0.717) is 5.75 Å². The van der Waals surface area contributed by atoms with Crippen LogP contribution in [0.25, 0.3) is 11.1 Å². The van der Waals surface area contributed by atoms with Crippen LogP contribution in [0.2, 0.25) is 0 Å². The Morgan fingerprint density at radius 1 is 1.18 bits per heavy atom. The normalized spacial score (nSPS) is 9.94. The van der Waals surface area contributed by atoms with Crippen LogP contribution in [0.4, 0.5) is 5.69 Å². The summed E-state index contributed by atoms with van der Waals surface area (Å²) in [7, 11) is 1.57. The lowest BCUT2D eigenvalue weighted by Crippen LogP contribution is -1.87. The van der Waals surface area contributed by atoms with Crippen LogP contribution in [0.5, 0.6) is 5.75 Å². The maximum Gasteiger partial charge on any atom is 0.269 e. The molecule has 2 aromatic carbocycles. The lowest BCUT2D eigenvalue weighted by atomic mass is 10.1. The Morgan fingerprint density at radius 3 is 2.47 bits per heavy atom. The topological polar surface area (TPSA) is 52.4 Å². The lowest BCUT2D eigenvalue weighted by Gasteiger charge is -2.03. The van der Waals surface area contributed by atoms with Crippen molar-refractivity contribution in [1.29, 1.82) is 0 Å². The molecule has 0 spiro atoms. The van der Waals surface area contributed by atoms with Crippen molar-refractivity contribution in [2.75, 3.05) is 7.11 Å². The van der Waals surface area contributed by atoms with E-state index in [1.54, 1.807) is 25.3 Å². The van der Waals surface area contributed by atoms with Crippen molar-refractivity contribution >= 4 is 5.69 Å². The number of methoxy groups -OCH3 is 1. The second-order valence-corrected chi connectivity index (χ2v) is 3.45. The molecule has 0 aliphatic rings. The minimum Gasteiger partial charge on any atom is -0.496 e. The summed E-state index contributed by atoms with van der Waals surface area (Å²) >= 11 is 0. The van der Waals surface area contributed by atoms with Crippen LogP contribution in [0.1, 0.15) is 0 Å². The van der Waals surface area contributed by atoms with Crippen LogP contribution in [0.15, 0.2) is 42.5 Å². The zero-order valence-corrected chi connectivity index (χ0v) is 9.21. The summed E-state index contributed by atoms with van der Waals surface area (Å²) < 4.78 is 5.07. The Kier molecular flexibility index (Phi) is 3.05. The molecule has 0 saturated heterocycles. The molecular formula is C13H10NO3. The Bertz CT molecular complexity index is 535. The fourth-order valence-corrected chi connectivity index (χ4v) is 1.52. The molecule has 0 fully saturated rings. The van der Waals surface area contributed by atoms with Crippen LogP contribution >= 0.6 is 0 Å². The number of nitrogens with zero attached hydrogens (tertiary/aromatic N) is 1. The summed E-state index contributed by atoms with van der Waals surface area (Å²) in [5, 5.41) is 10.5. The smallest absolute Gasteiger partial charge is 0.269 e. The van der Waals surface area contributed by atoms with Gasteiger partial charge in [0.1, 0.15) is 5.75 Å². The molecule has 0 unspecified atom stereocenters. The first-order chi connectivity index (χ1) is 8.20. The molecule has 0 heterocycles. The number of rotatable bonds is 3. The van der Waals surface area contributed by atoms with E-state index in [2.05, 4.69) is 6.07 Å². The van der Waals surface area contributed by atoms with Gasteiger partial charge in [-0.15, -0.1) is 0 Å². The predicted octanol–water partition coefficient (Wildman–Crippen LogP) is 3.07. The molecule has 4 heteroatoms. The molecule has 2 aromatic rings. The molecule has 17 heavy (non-hydrogen) atoms.